The normalized spacial score (nSPS) is 17.9. The smallest absolute Gasteiger partial charge is 0.477 e. The van der Waals surface area contributed by atoms with Gasteiger partial charge in [0.2, 0.25) is 0 Å². The fourth-order valence-electron chi connectivity index (χ4n) is 2.42. The van der Waals surface area contributed by atoms with Crippen molar-refractivity contribution >= 4 is 17.0 Å². The maximum atomic E-state index is 13.7. The second kappa shape index (κ2) is 6.26. The van der Waals surface area contributed by atoms with Crippen LogP contribution in [0.15, 0.2) is 35.2 Å². The van der Waals surface area contributed by atoms with E-state index in [4.69, 9.17) is 10.00 Å². The Kier molecular flexibility index (Phi) is 4.37. The van der Waals surface area contributed by atoms with Crippen LogP contribution in [0.5, 0.6) is 11.5 Å². The molecule has 0 bridgehead atoms. The van der Waals surface area contributed by atoms with Crippen LogP contribution in [-0.4, -0.2) is 15.6 Å². The second-order valence-electron chi connectivity index (χ2n) is 5.12. The van der Waals surface area contributed by atoms with E-state index in [0.29, 0.717) is 0 Å². The first-order valence-corrected chi connectivity index (χ1v) is 8.00. The summed E-state index contributed by atoms with van der Waals surface area (Å²) >= 11 is -3.32. The lowest BCUT2D eigenvalue weighted by Gasteiger charge is -2.15. The van der Waals surface area contributed by atoms with E-state index in [2.05, 4.69) is 0 Å². The van der Waals surface area contributed by atoms with Crippen molar-refractivity contribution in [1.82, 2.24) is 0 Å². The topological polar surface area (TPSA) is 73.2 Å². The van der Waals surface area contributed by atoms with E-state index in [1.807, 2.05) is 0 Å². The largest absolute Gasteiger partial charge is 0.606 e. The minimum atomic E-state index is -4.32. The Morgan fingerprint density at radius 2 is 1.85 bits per heavy atom. The molecule has 0 radical (unpaired) electrons. The molecule has 26 heavy (non-hydrogen) atoms. The van der Waals surface area contributed by atoms with Gasteiger partial charge in [-0.2, -0.15) is 5.26 Å². The van der Waals surface area contributed by atoms with E-state index >= 15 is 0 Å². The summed E-state index contributed by atoms with van der Waals surface area (Å²) in [5.74, 6) is -3.57. The number of hydrogen-bond donors (Lipinski definition) is 0. The number of benzene rings is 2. The molecule has 2 aromatic rings. The van der Waals surface area contributed by atoms with E-state index in [-0.39, 0.29) is 11.3 Å². The van der Waals surface area contributed by atoms with Crippen LogP contribution in [-0.2, 0) is 11.2 Å². The van der Waals surface area contributed by atoms with Crippen molar-refractivity contribution in [2.75, 3.05) is 0 Å². The zero-order valence-corrected chi connectivity index (χ0v) is 13.3. The van der Waals surface area contributed by atoms with Crippen LogP contribution in [0.1, 0.15) is 27.9 Å². The molecule has 134 valence electrons. The number of alkyl halides is 4. The summed E-state index contributed by atoms with van der Waals surface area (Å²) in [4.78, 5) is 10.6. The van der Waals surface area contributed by atoms with Gasteiger partial charge in [-0.25, -0.2) is 13.2 Å². The molecule has 3 rings (SSSR count). The summed E-state index contributed by atoms with van der Waals surface area (Å²) in [5.41, 5.74) is -2.25. The monoisotopic (exact) mass is 387 g/mol. The summed E-state index contributed by atoms with van der Waals surface area (Å²) < 4.78 is 84.5. The highest BCUT2D eigenvalue weighted by atomic mass is 32.2. The Hall–Kier alpha value is -2.64. The van der Waals surface area contributed by atoms with Crippen LogP contribution in [0, 0.1) is 17.1 Å². The Morgan fingerprint density at radius 3 is 2.46 bits per heavy atom. The van der Waals surface area contributed by atoms with Gasteiger partial charge in [0.1, 0.15) is 28.9 Å². The average Bonchev–Trinajstić information content (AvgIpc) is 2.76. The molecule has 0 N–H and O–H groups in total. The average molecular weight is 387 g/mol. The lowest BCUT2D eigenvalue weighted by atomic mass is 10.1. The van der Waals surface area contributed by atoms with Crippen LogP contribution in [0.3, 0.4) is 0 Å². The number of Topliss-reactive ketones (excluding diaryl/α,β-unsaturated/α-hetero) is 1. The number of fused-ring (bicyclic) bond motifs is 1. The van der Waals surface area contributed by atoms with Crippen molar-refractivity contribution in [3.8, 4) is 17.6 Å². The van der Waals surface area contributed by atoms with Crippen molar-refractivity contribution in [1.29, 1.82) is 5.26 Å². The zero-order valence-electron chi connectivity index (χ0n) is 12.4. The molecule has 0 aromatic heterocycles. The van der Waals surface area contributed by atoms with E-state index in [1.165, 1.54) is 0 Å². The summed E-state index contributed by atoms with van der Waals surface area (Å²) in [6.07, 6.45) is -3.39. The van der Waals surface area contributed by atoms with Crippen molar-refractivity contribution in [3.63, 3.8) is 0 Å². The predicted molar refractivity (Wildman–Crippen MR) is 78.3 cm³/mol. The molecular weight excluding hydrogens is 381 g/mol. The molecule has 10 heteroatoms. The van der Waals surface area contributed by atoms with Gasteiger partial charge < -0.3 is 9.29 Å². The molecule has 4 nitrogen and oxygen atoms in total. The minimum absolute atomic E-state index is 0.308. The summed E-state index contributed by atoms with van der Waals surface area (Å²) in [7, 11) is 0. The molecule has 0 fully saturated rings. The molecule has 1 unspecified atom stereocenters. The van der Waals surface area contributed by atoms with E-state index in [9.17, 15) is 31.3 Å². The fraction of sp³-hybridized carbons (Fsp3) is 0.125. The first-order valence-electron chi connectivity index (χ1n) is 6.85. The van der Waals surface area contributed by atoms with Gasteiger partial charge in [-0.15, -0.1) is 8.78 Å². The van der Waals surface area contributed by atoms with E-state index < -0.39 is 56.2 Å². The molecule has 2 aromatic carbocycles. The lowest BCUT2D eigenvalue weighted by molar-refractivity contribution is 0.0549. The SMILES string of the molecule is N#Cc1cc(F)ccc1Oc1ccc2c(c1C(F)F)[S+]([O-])C(F)(F)C2=O. The third-order valence-electron chi connectivity index (χ3n) is 3.58. The van der Waals surface area contributed by atoms with Gasteiger partial charge >= 0.3 is 5.25 Å². The number of rotatable bonds is 3. The third-order valence-corrected chi connectivity index (χ3v) is 5.05. The maximum Gasteiger partial charge on any atom is 0.477 e. The number of carbonyl (C=O) groups is 1. The third kappa shape index (κ3) is 2.69. The maximum absolute atomic E-state index is 13.7. The molecular formula is C16H6F5NO3S. The predicted octanol–water partition coefficient (Wildman–Crippen LogP) is 4.32. The molecule has 0 spiro atoms. The second-order valence-corrected chi connectivity index (χ2v) is 6.58. The van der Waals surface area contributed by atoms with Gasteiger partial charge in [-0.05, 0) is 30.3 Å². The highest BCUT2D eigenvalue weighted by molar-refractivity contribution is 7.94. The number of carbonyl (C=O) groups excluding carboxylic acids is 1. The summed E-state index contributed by atoms with van der Waals surface area (Å²) in [6.45, 7) is 0. The molecule has 0 aliphatic carbocycles. The van der Waals surface area contributed by atoms with Crippen LogP contribution in [0.4, 0.5) is 22.0 Å². The molecule has 1 heterocycles. The van der Waals surface area contributed by atoms with Gasteiger partial charge in [-0.1, -0.05) is 0 Å². The van der Waals surface area contributed by atoms with E-state index in [0.717, 1.165) is 30.3 Å². The van der Waals surface area contributed by atoms with Crippen LogP contribution in [0.2, 0.25) is 0 Å². The first-order chi connectivity index (χ1) is 12.2. The quantitative estimate of drug-likeness (QED) is 0.581. The van der Waals surface area contributed by atoms with Crippen LogP contribution < -0.4 is 4.74 Å². The first kappa shape index (κ1) is 18.2. The summed E-state index contributed by atoms with van der Waals surface area (Å²) in [5, 5.41) is 4.64. The molecule has 0 amide bonds. The molecule has 0 saturated carbocycles. The van der Waals surface area contributed by atoms with Gasteiger partial charge in [0.25, 0.3) is 12.2 Å². The molecule has 1 aliphatic heterocycles. The minimum Gasteiger partial charge on any atom is -0.606 e. The molecule has 0 saturated heterocycles. The lowest BCUT2D eigenvalue weighted by Crippen LogP contribution is -2.30. The molecule has 1 aliphatic rings. The number of nitrogens with zero attached hydrogens (tertiary/aromatic N) is 1. The van der Waals surface area contributed by atoms with Crippen molar-refractivity contribution in [3.05, 3.63) is 52.8 Å². The Balaban J connectivity index is 2.16. The highest BCUT2D eigenvalue weighted by Crippen LogP contribution is 2.48. The zero-order chi connectivity index (χ0) is 19.2. The van der Waals surface area contributed by atoms with Gasteiger partial charge in [-0.3, -0.25) is 4.79 Å². The Labute approximate surface area is 146 Å². The highest BCUT2D eigenvalue weighted by Gasteiger charge is 2.62. The van der Waals surface area contributed by atoms with Crippen LogP contribution in [0.25, 0.3) is 0 Å². The number of hydrogen-bond acceptors (Lipinski definition) is 4. The van der Waals surface area contributed by atoms with Crippen LogP contribution >= 0.6 is 0 Å². The number of ether oxygens (including phenoxy) is 1. The standard InChI is InChI=1S/C16H6F5NO3S/c17-8-1-3-10(7(5-8)6-22)25-11-4-2-9-13(12(11)15(18)19)26(24)16(20,21)14(9)23/h1-5,15H. The van der Waals surface area contributed by atoms with Crippen molar-refractivity contribution in [2.24, 2.45) is 0 Å². The summed E-state index contributed by atoms with van der Waals surface area (Å²) in [6, 6.07) is 5.92. The van der Waals surface area contributed by atoms with E-state index in [1.54, 1.807) is 6.07 Å². The van der Waals surface area contributed by atoms with Gasteiger partial charge in [0.05, 0.1) is 22.3 Å². The fourth-order valence-corrected chi connectivity index (χ4v) is 3.71. The van der Waals surface area contributed by atoms with Gasteiger partial charge in [0, 0.05) is 0 Å². The Morgan fingerprint density at radius 1 is 1.19 bits per heavy atom. The number of halogens is 5. The van der Waals surface area contributed by atoms with Crippen molar-refractivity contribution < 1.29 is 36.0 Å². The number of nitriles is 1. The van der Waals surface area contributed by atoms with Gasteiger partial charge in [0.15, 0.2) is 4.90 Å². The number of ketones is 1. The van der Waals surface area contributed by atoms with Crippen molar-refractivity contribution in [2.45, 2.75) is 16.6 Å². The Bertz CT molecular complexity index is 958. The molecule has 1 atom stereocenters.